The fraction of sp³-hybridized carbons (Fsp3) is 0.643. The third-order valence-electron chi connectivity index (χ3n) is 4.04. The number of hydrogen-bond donors (Lipinski definition) is 2. The molecule has 0 amide bonds. The third-order valence-corrected chi connectivity index (χ3v) is 4.04. The zero-order valence-corrected chi connectivity index (χ0v) is 12.4. The van der Waals surface area contributed by atoms with Gasteiger partial charge in [-0.15, -0.1) is 0 Å². The van der Waals surface area contributed by atoms with Gasteiger partial charge in [-0.1, -0.05) is 13.8 Å². The molecule has 1 saturated heterocycles. The molecule has 3 heterocycles. The van der Waals surface area contributed by atoms with Crippen LogP contribution in [0.1, 0.15) is 33.6 Å². The normalized spacial score (nSPS) is 18.4. The monoisotopic (exact) mass is 274 g/mol. The SMILES string of the molecule is CCNc1nc(N2CCC(C)(C)CC2)c2cn[nH]c2n1. The summed E-state index contributed by atoms with van der Waals surface area (Å²) < 4.78 is 0. The lowest BCUT2D eigenvalue weighted by molar-refractivity contribution is 0.279. The van der Waals surface area contributed by atoms with Gasteiger partial charge < -0.3 is 10.2 Å². The molecule has 0 saturated carbocycles. The number of hydrogen-bond acceptors (Lipinski definition) is 5. The predicted molar refractivity (Wildman–Crippen MR) is 81.1 cm³/mol. The molecule has 2 N–H and O–H groups in total. The van der Waals surface area contributed by atoms with E-state index in [1.807, 2.05) is 13.1 Å². The van der Waals surface area contributed by atoms with E-state index in [0.29, 0.717) is 11.4 Å². The first kappa shape index (κ1) is 13.1. The summed E-state index contributed by atoms with van der Waals surface area (Å²) in [5.74, 6) is 1.67. The van der Waals surface area contributed by atoms with Crippen molar-refractivity contribution in [2.45, 2.75) is 33.6 Å². The lowest BCUT2D eigenvalue weighted by atomic mass is 9.83. The maximum absolute atomic E-state index is 4.68. The second-order valence-electron chi connectivity index (χ2n) is 6.18. The average Bonchev–Trinajstić information content (AvgIpc) is 2.86. The van der Waals surface area contributed by atoms with Crippen LogP contribution in [0.2, 0.25) is 0 Å². The van der Waals surface area contributed by atoms with Gasteiger partial charge in [0.15, 0.2) is 5.65 Å². The molecule has 1 aliphatic rings. The van der Waals surface area contributed by atoms with Crippen LogP contribution < -0.4 is 10.2 Å². The molecule has 2 aromatic rings. The molecule has 2 aromatic heterocycles. The smallest absolute Gasteiger partial charge is 0.226 e. The molecule has 0 aliphatic carbocycles. The molecule has 0 unspecified atom stereocenters. The molecule has 0 atom stereocenters. The van der Waals surface area contributed by atoms with E-state index in [4.69, 9.17) is 0 Å². The van der Waals surface area contributed by atoms with E-state index in [0.717, 1.165) is 36.5 Å². The van der Waals surface area contributed by atoms with Crippen LogP contribution in [0.25, 0.3) is 11.0 Å². The zero-order valence-electron chi connectivity index (χ0n) is 12.4. The van der Waals surface area contributed by atoms with Crippen molar-refractivity contribution >= 4 is 22.8 Å². The number of piperidine rings is 1. The van der Waals surface area contributed by atoms with Crippen LogP contribution >= 0.6 is 0 Å². The average molecular weight is 274 g/mol. The standard InChI is InChI=1S/C14H22N6/c1-4-15-13-17-11-10(9-16-19-11)12(18-13)20-7-5-14(2,3)6-8-20/h9H,4-8H2,1-3H3,(H2,15,16,17,18,19). The number of rotatable bonds is 3. The van der Waals surface area contributed by atoms with E-state index in [2.05, 4.69) is 44.2 Å². The molecular weight excluding hydrogens is 252 g/mol. The first-order chi connectivity index (χ1) is 9.59. The van der Waals surface area contributed by atoms with Gasteiger partial charge in [0.2, 0.25) is 5.95 Å². The largest absolute Gasteiger partial charge is 0.356 e. The quantitative estimate of drug-likeness (QED) is 0.899. The first-order valence-corrected chi connectivity index (χ1v) is 7.29. The molecule has 20 heavy (non-hydrogen) atoms. The minimum atomic E-state index is 0.434. The summed E-state index contributed by atoms with van der Waals surface area (Å²) >= 11 is 0. The molecule has 0 radical (unpaired) electrons. The van der Waals surface area contributed by atoms with Crippen molar-refractivity contribution < 1.29 is 0 Å². The molecule has 6 nitrogen and oxygen atoms in total. The number of nitrogens with one attached hydrogen (secondary N) is 2. The fourth-order valence-electron chi connectivity index (χ4n) is 2.62. The maximum atomic E-state index is 4.68. The van der Waals surface area contributed by atoms with E-state index in [-0.39, 0.29) is 0 Å². The Bertz CT molecular complexity index is 593. The number of aromatic amines is 1. The van der Waals surface area contributed by atoms with E-state index >= 15 is 0 Å². The Morgan fingerprint density at radius 1 is 1.30 bits per heavy atom. The molecule has 0 spiro atoms. The predicted octanol–water partition coefficient (Wildman–Crippen LogP) is 2.41. The summed E-state index contributed by atoms with van der Waals surface area (Å²) in [4.78, 5) is 11.5. The highest BCUT2D eigenvalue weighted by Gasteiger charge is 2.27. The van der Waals surface area contributed by atoms with Gasteiger partial charge in [-0.05, 0) is 25.2 Å². The van der Waals surface area contributed by atoms with Gasteiger partial charge in [0, 0.05) is 19.6 Å². The molecule has 0 aromatic carbocycles. The van der Waals surface area contributed by atoms with E-state index in [1.165, 1.54) is 12.8 Å². The maximum Gasteiger partial charge on any atom is 0.226 e. The van der Waals surface area contributed by atoms with Gasteiger partial charge in [0.05, 0.1) is 11.6 Å². The van der Waals surface area contributed by atoms with E-state index < -0.39 is 0 Å². The molecule has 6 heteroatoms. The van der Waals surface area contributed by atoms with Gasteiger partial charge >= 0.3 is 0 Å². The Balaban J connectivity index is 1.95. The van der Waals surface area contributed by atoms with Gasteiger partial charge in [0.1, 0.15) is 5.82 Å². The minimum Gasteiger partial charge on any atom is -0.356 e. The highest BCUT2D eigenvalue weighted by molar-refractivity contribution is 5.87. The highest BCUT2D eigenvalue weighted by Crippen LogP contribution is 2.33. The fourth-order valence-corrected chi connectivity index (χ4v) is 2.62. The summed E-state index contributed by atoms with van der Waals surface area (Å²) in [5.41, 5.74) is 1.24. The van der Waals surface area contributed by atoms with Crippen molar-refractivity contribution in [2.24, 2.45) is 5.41 Å². The zero-order chi connectivity index (χ0) is 14.2. The molecule has 3 rings (SSSR count). The Morgan fingerprint density at radius 2 is 2.05 bits per heavy atom. The number of fused-ring (bicyclic) bond motifs is 1. The van der Waals surface area contributed by atoms with Crippen molar-refractivity contribution in [1.82, 2.24) is 20.2 Å². The van der Waals surface area contributed by atoms with E-state index in [9.17, 15) is 0 Å². The number of aromatic nitrogens is 4. The van der Waals surface area contributed by atoms with Crippen LogP contribution in [0, 0.1) is 5.41 Å². The van der Waals surface area contributed by atoms with Gasteiger partial charge in [-0.3, -0.25) is 5.10 Å². The summed E-state index contributed by atoms with van der Waals surface area (Å²) in [6, 6.07) is 0. The lowest BCUT2D eigenvalue weighted by Gasteiger charge is -2.37. The van der Waals surface area contributed by atoms with Gasteiger partial charge in [-0.25, -0.2) is 0 Å². The summed E-state index contributed by atoms with van der Waals surface area (Å²) in [6.45, 7) is 9.60. The van der Waals surface area contributed by atoms with Crippen molar-refractivity contribution in [2.75, 3.05) is 29.9 Å². The Morgan fingerprint density at radius 3 is 2.75 bits per heavy atom. The van der Waals surface area contributed by atoms with Crippen molar-refractivity contribution in [3.63, 3.8) is 0 Å². The second-order valence-corrected chi connectivity index (χ2v) is 6.18. The van der Waals surface area contributed by atoms with Crippen molar-refractivity contribution in [3.05, 3.63) is 6.20 Å². The van der Waals surface area contributed by atoms with Crippen LogP contribution in [-0.2, 0) is 0 Å². The number of nitrogens with zero attached hydrogens (tertiary/aromatic N) is 4. The second kappa shape index (κ2) is 4.92. The minimum absolute atomic E-state index is 0.434. The highest BCUT2D eigenvalue weighted by atomic mass is 15.3. The van der Waals surface area contributed by atoms with Gasteiger partial charge in [0.25, 0.3) is 0 Å². The topological polar surface area (TPSA) is 69.7 Å². The molecule has 108 valence electrons. The third kappa shape index (κ3) is 2.42. The van der Waals surface area contributed by atoms with Crippen LogP contribution in [0.5, 0.6) is 0 Å². The Labute approximate surface area is 119 Å². The summed E-state index contributed by atoms with van der Waals surface area (Å²) in [6.07, 6.45) is 4.19. The van der Waals surface area contributed by atoms with Gasteiger partial charge in [-0.2, -0.15) is 15.1 Å². The Kier molecular flexibility index (Phi) is 3.23. The van der Waals surface area contributed by atoms with Crippen LogP contribution in [0.4, 0.5) is 11.8 Å². The van der Waals surface area contributed by atoms with E-state index in [1.54, 1.807) is 0 Å². The summed E-state index contributed by atoms with van der Waals surface area (Å²) in [5, 5.41) is 11.2. The molecule has 1 aliphatic heterocycles. The van der Waals surface area contributed by atoms with Crippen LogP contribution in [0.3, 0.4) is 0 Å². The molecule has 1 fully saturated rings. The van der Waals surface area contributed by atoms with Crippen molar-refractivity contribution in [1.29, 1.82) is 0 Å². The van der Waals surface area contributed by atoms with Crippen LogP contribution in [-0.4, -0.2) is 39.8 Å². The molecule has 0 bridgehead atoms. The molecular formula is C14H22N6. The number of anilines is 2. The first-order valence-electron chi connectivity index (χ1n) is 7.29. The Hall–Kier alpha value is -1.85. The van der Waals surface area contributed by atoms with Crippen molar-refractivity contribution in [3.8, 4) is 0 Å². The lowest BCUT2D eigenvalue weighted by Crippen LogP contribution is -2.38. The summed E-state index contributed by atoms with van der Waals surface area (Å²) in [7, 11) is 0. The van der Waals surface area contributed by atoms with Crippen LogP contribution in [0.15, 0.2) is 6.20 Å². The number of H-pyrrole nitrogens is 1.